The molecule has 2 amide bonds. The van der Waals surface area contributed by atoms with Crippen LogP contribution in [-0.4, -0.2) is 32.2 Å². The zero-order valence-corrected chi connectivity index (χ0v) is 11.1. The largest absolute Gasteiger partial charge is 0.341 e. The Kier molecular flexibility index (Phi) is 9.00. The Morgan fingerprint density at radius 3 is 2.38 bits per heavy atom. The Labute approximate surface area is 99.6 Å². The van der Waals surface area contributed by atoms with E-state index in [2.05, 4.69) is 36.7 Å². The molecule has 4 nitrogen and oxygen atoms in total. The molecule has 4 heteroatoms. The van der Waals surface area contributed by atoms with E-state index in [0.29, 0.717) is 12.0 Å². The molecule has 0 aliphatic heterocycles. The third kappa shape index (κ3) is 5.95. The lowest BCUT2D eigenvalue weighted by molar-refractivity contribution is 0.237. The third-order valence-corrected chi connectivity index (χ3v) is 2.91. The Morgan fingerprint density at radius 2 is 1.94 bits per heavy atom. The van der Waals surface area contributed by atoms with Crippen molar-refractivity contribution < 1.29 is 4.79 Å². The summed E-state index contributed by atoms with van der Waals surface area (Å²) in [4.78, 5) is 11.1. The van der Waals surface area contributed by atoms with E-state index in [1.165, 1.54) is 12.8 Å². The first-order valence-electron chi connectivity index (χ1n) is 6.38. The molecule has 3 N–H and O–H groups in total. The summed E-state index contributed by atoms with van der Waals surface area (Å²) in [5.41, 5.74) is 0. The SMILES string of the molecule is CCCC(NCC)C(CC)CNC(=O)NC. The number of carbonyl (C=O) groups is 1. The third-order valence-electron chi connectivity index (χ3n) is 2.91. The number of hydrogen-bond donors (Lipinski definition) is 3. The number of carbonyl (C=O) groups excluding carboxylic acids is 1. The fourth-order valence-corrected chi connectivity index (χ4v) is 1.96. The van der Waals surface area contributed by atoms with E-state index in [1.54, 1.807) is 7.05 Å². The van der Waals surface area contributed by atoms with Gasteiger partial charge in [-0.3, -0.25) is 0 Å². The average Bonchev–Trinajstić information content (AvgIpc) is 2.30. The molecule has 0 fully saturated rings. The monoisotopic (exact) mass is 229 g/mol. The van der Waals surface area contributed by atoms with Crippen LogP contribution < -0.4 is 16.0 Å². The molecule has 16 heavy (non-hydrogen) atoms. The van der Waals surface area contributed by atoms with Gasteiger partial charge in [-0.05, 0) is 18.9 Å². The predicted octanol–water partition coefficient (Wildman–Crippen LogP) is 1.72. The topological polar surface area (TPSA) is 53.2 Å². The molecule has 0 rings (SSSR count). The van der Waals surface area contributed by atoms with Gasteiger partial charge in [-0.1, -0.05) is 33.6 Å². The number of hydrogen-bond acceptors (Lipinski definition) is 2. The number of urea groups is 1. The second kappa shape index (κ2) is 9.46. The molecule has 0 saturated heterocycles. The molecule has 96 valence electrons. The maximum Gasteiger partial charge on any atom is 0.314 e. The highest BCUT2D eigenvalue weighted by Gasteiger charge is 2.18. The molecule has 0 aromatic carbocycles. The van der Waals surface area contributed by atoms with Crippen LogP contribution in [0.2, 0.25) is 0 Å². The smallest absolute Gasteiger partial charge is 0.314 e. The van der Waals surface area contributed by atoms with Gasteiger partial charge in [0.2, 0.25) is 0 Å². The Balaban J connectivity index is 4.13. The van der Waals surface area contributed by atoms with Crippen molar-refractivity contribution in [3.05, 3.63) is 0 Å². The summed E-state index contributed by atoms with van der Waals surface area (Å²) in [5.74, 6) is 0.511. The maximum atomic E-state index is 11.1. The van der Waals surface area contributed by atoms with Crippen LogP contribution in [0.15, 0.2) is 0 Å². The first kappa shape index (κ1) is 15.2. The first-order chi connectivity index (χ1) is 7.69. The van der Waals surface area contributed by atoms with Crippen molar-refractivity contribution >= 4 is 6.03 Å². The summed E-state index contributed by atoms with van der Waals surface area (Å²) in [7, 11) is 1.64. The lowest BCUT2D eigenvalue weighted by Gasteiger charge is -2.27. The molecule has 0 aromatic heterocycles. The normalized spacial score (nSPS) is 14.2. The van der Waals surface area contributed by atoms with Crippen LogP contribution in [0.25, 0.3) is 0 Å². The van der Waals surface area contributed by atoms with E-state index in [4.69, 9.17) is 0 Å². The molecule has 0 radical (unpaired) electrons. The number of nitrogens with one attached hydrogen (secondary N) is 3. The van der Waals surface area contributed by atoms with Crippen molar-refractivity contribution in [2.24, 2.45) is 5.92 Å². The van der Waals surface area contributed by atoms with E-state index in [1.807, 2.05) is 0 Å². The summed E-state index contributed by atoms with van der Waals surface area (Å²) in [6.07, 6.45) is 3.43. The van der Waals surface area contributed by atoms with Gasteiger partial charge in [-0.25, -0.2) is 4.79 Å². The summed E-state index contributed by atoms with van der Waals surface area (Å²) < 4.78 is 0. The molecule has 0 bridgehead atoms. The molecular weight excluding hydrogens is 202 g/mol. The molecule has 2 atom stereocenters. The van der Waals surface area contributed by atoms with E-state index in [-0.39, 0.29) is 6.03 Å². The number of rotatable bonds is 8. The molecule has 0 aromatic rings. The summed E-state index contributed by atoms with van der Waals surface area (Å²) in [6.45, 7) is 8.23. The van der Waals surface area contributed by atoms with Crippen LogP contribution in [0.5, 0.6) is 0 Å². The second-order valence-electron chi connectivity index (χ2n) is 4.08. The van der Waals surface area contributed by atoms with Crippen molar-refractivity contribution in [3.8, 4) is 0 Å². The highest BCUT2D eigenvalue weighted by molar-refractivity contribution is 5.73. The van der Waals surface area contributed by atoms with E-state index in [9.17, 15) is 4.79 Å². The van der Waals surface area contributed by atoms with E-state index in [0.717, 1.165) is 19.5 Å². The minimum atomic E-state index is -0.0924. The Hall–Kier alpha value is -0.770. The highest BCUT2D eigenvalue weighted by atomic mass is 16.2. The van der Waals surface area contributed by atoms with Crippen molar-refractivity contribution in [3.63, 3.8) is 0 Å². The summed E-state index contributed by atoms with van der Waals surface area (Å²) in [5, 5.41) is 8.97. The van der Waals surface area contributed by atoms with Gasteiger partial charge in [-0.2, -0.15) is 0 Å². The van der Waals surface area contributed by atoms with Gasteiger partial charge >= 0.3 is 6.03 Å². The summed E-state index contributed by atoms with van der Waals surface area (Å²) >= 11 is 0. The van der Waals surface area contributed by atoms with Crippen molar-refractivity contribution in [1.82, 2.24) is 16.0 Å². The molecule has 0 saturated carbocycles. The predicted molar refractivity (Wildman–Crippen MR) is 68.6 cm³/mol. The fourth-order valence-electron chi connectivity index (χ4n) is 1.96. The van der Waals surface area contributed by atoms with E-state index < -0.39 is 0 Å². The van der Waals surface area contributed by atoms with Gasteiger partial charge in [-0.15, -0.1) is 0 Å². The summed E-state index contributed by atoms with van der Waals surface area (Å²) in [6, 6.07) is 0.419. The van der Waals surface area contributed by atoms with Crippen LogP contribution in [-0.2, 0) is 0 Å². The molecule has 0 aliphatic carbocycles. The Bertz CT molecular complexity index is 179. The van der Waals surface area contributed by atoms with E-state index >= 15 is 0 Å². The Morgan fingerprint density at radius 1 is 1.25 bits per heavy atom. The van der Waals surface area contributed by atoms with Gasteiger partial charge in [0, 0.05) is 19.6 Å². The lowest BCUT2D eigenvalue weighted by Crippen LogP contribution is -2.44. The van der Waals surface area contributed by atoms with Crippen LogP contribution >= 0.6 is 0 Å². The van der Waals surface area contributed by atoms with Gasteiger partial charge in [0.15, 0.2) is 0 Å². The minimum Gasteiger partial charge on any atom is -0.341 e. The second-order valence-corrected chi connectivity index (χ2v) is 4.08. The van der Waals surface area contributed by atoms with Gasteiger partial charge in [0.05, 0.1) is 0 Å². The minimum absolute atomic E-state index is 0.0924. The van der Waals surface area contributed by atoms with Crippen LogP contribution in [0.1, 0.15) is 40.0 Å². The average molecular weight is 229 g/mol. The van der Waals surface area contributed by atoms with Gasteiger partial charge in [0.25, 0.3) is 0 Å². The fraction of sp³-hybridized carbons (Fsp3) is 0.917. The number of amides is 2. The van der Waals surface area contributed by atoms with Crippen LogP contribution in [0.3, 0.4) is 0 Å². The molecule has 0 heterocycles. The van der Waals surface area contributed by atoms with Gasteiger partial charge in [0.1, 0.15) is 0 Å². The lowest BCUT2D eigenvalue weighted by atomic mass is 9.93. The van der Waals surface area contributed by atoms with Crippen LogP contribution in [0, 0.1) is 5.92 Å². The maximum absolute atomic E-state index is 11.1. The zero-order valence-electron chi connectivity index (χ0n) is 11.1. The standard InChI is InChI=1S/C12H27N3O/c1-5-8-11(14-7-3)10(6-2)9-15-12(16)13-4/h10-11,14H,5-9H2,1-4H3,(H2,13,15,16). The highest BCUT2D eigenvalue weighted by Crippen LogP contribution is 2.12. The van der Waals surface area contributed by atoms with Gasteiger partial charge < -0.3 is 16.0 Å². The van der Waals surface area contributed by atoms with Crippen molar-refractivity contribution in [1.29, 1.82) is 0 Å². The molecule has 2 unspecified atom stereocenters. The van der Waals surface area contributed by atoms with Crippen molar-refractivity contribution in [2.45, 2.75) is 46.1 Å². The zero-order chi connectivity index (χ0) is 12.4. The van der Waals surface area contributed by atoms with Crippen molar-refractivity contribution in [2.75, 3.05) is 20.1 Å². The first-order valence-corrected chi connectivity index (χ1v) is 6.38. The molecular formula is C12H27N3O. The van der Waals surface area contributed by atoms with Crippen LogP contribution in [0.4, 0.5) is 4.79 Å². The molecule has 0 aliphatic rings. The quantitative estimate of drug-likeness (QED) is 0.593. The molecule has 0 spiro atoms.